The number of hydrogen-bond acceptors (Lipinski definition) is 3. The Kier molecular flexibility index (Phi) is 5.98. The predicted octanol–water partition coefficient (Wildman–Crippen LogP) is 5.64. The van der Waals surface area contributed by atoms with Crippen molar-refractivity contribution in [3.8, 4) is 22.8 Å². The molecule has 1 amide bonds. The van der Waals surface area contributed by atoms with E-state index in [2.05, 4.69) is 10.3 Å². The Bertz CT molecular complexity index is 1290. The maximum absolute atomic E-state index is 13.4. The number of ether oxygens (including phenoxy) is 1. The number of aromatic nitrogens is 2. The maximum atomic E-state index is 13.4. The number of rotatable bonds is 6. The van der Waals surface area contributed by atoms with E-state index >= 15 is 0 Å². The van der Waals surface area contributed by atoms with E-state index in [9.17, 15) is 13.6 Å². The third-order valence-electron chi connectivity index (χ3n) is 5.05. The minimum atomic E-state index is -0.949. The third-order valence-corrected chi connectivity index (χ3v) is 5.05. The van der Waals surface area contributed by atoms with Gasteiger partial charge in [-0.05, 0) is 48.9 Å². The van der Waals surface area contributed by atoms with E-state index in [-0.39, 0.29) is 13.9 Å². The SMILES string of the molecule is Cc1c(Oc2ccnc(-c3ccn(C)c3)c2)cccc1C(=O)NCc1ccc(F)c(F)c1.[HH]. The molecule has 2 aromatic carbocycles. The summed E-state index contributed by atoms with van der Waals surface area (Å²) in [6.45, 7) is 1.87. The normalized spacial score (nSPS) is 10.8. The van der Waals surface area contributed by atoms with Crippen molar-refractivity contribution in [3.63, 3.8) is 0 Å². The lowest BCUT2D eigenvalue weighted by Gasteiger charge is -2.13. The molecular weight excluding hydrogens is 412 g/mol. The second-order valence-electron chi connectivity index (χ2n) is 7.40. The first-order valence-corrected chi connectivity index (χ1v) is 9.98. The molecule has 0 fully saturated rings. The number of nitrogens with zero attached hydrogens (tertiary/aromatic N) is 2. The first-order chi connectivity index (χ1) is 15.4. The molecule has 0 aliphatic heterocycles. The molecule has 0 radical (unpaired) electrons. The highest BCUT2D eigenvalue weighted by Crippen LogP contribution is 2.29. The summed E-state index contributed by atoms with van der Waals surface area (Å²) in [7, 11) is 1.94. The zero-order chi connectivity index (χ0) is 22.7. The summed E-state index contributed by atoms with van der Waals surface area (Å²) in [5, 5.41) is 2.73. The van der Waals surface area contributed by atoms with Gasteiger partial charge in [0.05, 0.1) is 5.69 Å². The van der Waals surface area contributed by atoms with Crippen molar-refractivity contribution in [2.75, 3.05) is 0 Å². The topological polar surface area (TPSA) is 56.2 Å². The van der Waals surface area contributed by atoms with Crippen molar-refractivity contribution in [1.29, 1.82) is 0 Å². The van der Waals surface area contributed by atoms with Crippen LogP contribution >= 0.6 is 0 Å². The van der Waals surface area contributed by atoms with Gasteiger partial charge in [0.2, 0.25) is 0 Å². The van der Waals surface area contributed by atoms with E-state index in [1.807, 2.05) is 36.1 Å². The lowest BCUT2D eigenvalue weighted by molar-refractivity contribution is 0.0950. The smallest absolute Gasteiger partial charge is 0.251 e. The quantitative estimate of drug-likeness (QED) is 0.426. The van der Waals surface area contributed by atoms with E-state index in [1.165, 1.54) is 6.07 Å². The number of aryl methyl sites for hydroxylation is 1. The van der Waals surface area contributed by atoms with Crippen LogP contribution < -0.4 is 10.1 Å². The summed E-state index contributed by atoms with van der Waals surface area (Å²) in [6.07, 6.45) is 5.58. The van der Waals surface area contributed by atoms with Gasteiger partial charge in [-0.15, -0.1) is 0 Å². The Morgan fingerprint density at radius 1 is 1.12 bits per heavy atom. The second kappa shape index (κ2) is 9.01. The lowest BCUT2D eigenvalue weighted by Crippen LogP contribution is -2.23. The molecule has 0 aliphatic carbocycles. The molecule has 7 heteroatoms. The molecule has 164 valence electrons. The predicted molar refractivity (Wildman–Crippen MR) is 120 cm³/mol. The van der Waals surface area contributed by atoms with E-state index in [0.29, 0.717) is 28.2 Å². The van der Waals surface area contributed by atoms with Crippen molar-refractivity contribution in [3.05, 3.63) is 102 Å². The largest absolute Gasteiger partial charge is 0.457 e. The molecule has 4 aromatic rings. The number of pyridine rings is 1. The van der Waals surface area contributed by atoms with Gasteiger partial charge in [0.1, 0.15) is 11.5 Å². The second-order valence-corrected chi connectivity index (χ2v) is 7.40. The Labute approximate surface area is 185 Å². The summed E-state index contributed by atoms with van der Waals surface area (Å²) in [4.78, 5) is 17.1. The summed E-state index contributed by atoms with van der Waals surface area (Å²) >= 11 is 0. The molecule has 0 saturated carbocycles. The first kappa shape index (κ1) is 21.2. The van der Waals surface area contributed by atoms with Gasteiger partial charge in [-0.25, -0.2) is 8.78 Å². The van der Waals surface area contributed by atoms with Gasteiger partial charge < -0.3 is 14.6 Å². The van der Waals surface area contributed by atoms with Crippen LogP contribution in [0.5, 0.6) is 11.5 Å². The Morgan fingerprint density at radius 3 is 2.72 bits per heavy atom. The minimum Gasteiger partial charge on any atom is -0.457 e. The van der Waals surface area contributed by atoms with Crippen LogP contribution in [0.2, 0.25) is 0 Å². The number of amides is 1. The number of benzene rings is 2. The summed E-state index contributed by atoms with van der Waals surface area (Å²) < 4.78 is 34.4. The number of carbonyl (C=O) groups excluding carboxylic acids is 1. The molecular formula is C25H23F2N3O2. The highest BCUT2D eigenvalue weighted by molar-refractivity contribution is 5.96. The first-order valence-electron chi connectivity index (χ1n) is 9.98. The molecule has 2 aromatic heterocycles. The highest BCUT2D eigenvalue weighted by atomic mass is 19.2. The van der Waals surface area contributed by atoms with Crippen LogP contribution in [0, 0.1) is 18.6 Å². The van der Waals surface area contributed by atoms with Gasteiger partial charge in [-0.1, -0.05) is 12.1 Å². The van der Waals surface area contributed by atoms with Crippen LogP contribution in [0.4, 0.5) is 8.78 Å². The van der Waals surface area contributed by atoms with Crippen molar-refractivity contribution < 1.29 is 19.7 Å². The van der Waals surface area contributed by atoms with Gasteiger partial charge >= 0.3 is 0 Å². The molecule has 4 rings (SSSR count). The molecule has 0 atom stereocenters. The highest BCUT2D eigenvalue weighted by Gasteiger charge is 2.14. The van der Waals surface area contributed by atoms with Crippen molar-refractivity contribution in [2.24, 2.45) is 7.05 Å². The minimum absolute atomic E-state index is 0. The molecule has 5 nitrogen and oxygen atoms in total. The fourth-order valence-corrected chi connectivity index (χ4v) is 3.31. The van der Waals surface area contributed by atoms with Gasteiger partial charge in [0, 0.05) is 56.4 Å². The molecule has 32 heavy (non-hydrogen) atoms. The Balaban J connectivity index is 0.00000306. The molecule has 2 heterocycles. The molecule has 0 unspecified atom stereocenters. The Morgan fingerprint density at radius 2 is 1.97 bits per heavy atom. The summed E-state index contributed by atoms with van der Waals surface area (Å²) in [5.41, 5.74) is 3.31. The van der Waals surface area contributed by atoms with Gasteiger partial charge in [0.25, 0.3) is 5.91 Å². The van der Waals surface area contributed by atoms with Crippen LogP contribution in [0.1, 0.15) is 22.9 Å². The number of halogens is 2. The maximum Gasteiger partial charge on any atom is 0.251 e. The van der Waals surface area contributed by atoms with Crippen LogP contribution in [0.25, 0.3) is 11.3 Å². The van der Waals surface area contributed by atoms with Crippen molar-refractivity contribution >= 4 is 5.91 Å². The molecule has 0 aliphatic rings. The summed E-state index contributed by atoms with van der Waals surface area (Å²) in [5.74, 6) is -1.07. The standard InChI is InChI=1S/C25H21F2N3O2.H2/c1-16-20(25(31)29-14-17-6-7-21(26)22(27)12-17)4-3-5-24(16)32-19-8-10-28-23(13-19)18-9-11-30(2)15-18;/h3-13,15H,14H2,1-2H3,(H,29,31);1H. The van der Waals surface area contributed by atoms with E-state index < -0.39 is 11.6 Å². The lowest BCUT2D eigenvalue weighted by atomic mass is 10.1. The zero-order valence-corrected chi connectivity index (χ0v) is 17.6. The number of nitrogens with one attached hydrogen (secondary N) is 1. The number of carbonyl (C=O) groups is 1. The van der Waals surface area contributed by atoms with E-state index in [4.69, 9.17) is 4.74 Å². The average Bonchev–Trinajstić information content (AvgIpc) is 3.22. The fourth-order valence-electron chi connectivity index (χ4n) is 3.31. The van der Waals surface area contributed by atoms with E-state index in [0.717, 1.165) is 23.4 Å². The van der Waals surface area contributed by atoms with Crippen molar-refractivity contribution in [1.82, 2.24) is 14.9 Å². The van der Waals surface area contributed by atoms with E-state index in [1.54, 1.807) is 37.4 Å². The van der Waals surface area contributed by atoms with Gasteiger partial charge in [0.15, 0.2) is 11.6 Å². The molecule has 0 spiro atoms. The zero-order valence-electron chi connectivity index (χ0n) is 17.6. The molecule has 0 bridgehead atoms. The van der Waals surface area contributed by atoms with Crippen LogP contribution in [0.15, 0.2) is 73.2 Å². The van der Waals surface area contributed by atoms with Gasteiger partial charge in [-0.2, -0.15) is 0 Å². The Hall–Kier alpha value is -4.00. The third kappa shape index (κ3) is 4.67. The fraction of sp³-hybridized carbons (Fsp3) is 0.120. The van der Waals surface area contributed by atoms with Crippen LogP contribution in [-0.4, -0.2) is 15.5 Å². The van der Waals surface area contributed by atoms with Crippen LogP contribution in [-0.2, 0) is 13.6 Å². The monoisotopic (exact) mass is 435 g/mol. The number of hydrogen-bond donors (Lipinski definition) is 1. The molecule has 0 saturated heterocycles. The van der Waals surface area contributed by atoms with Crippen LogP contribution in [0.3, 0.4) is 0 Å². The van der Waals surface area contributed by atoms with Crippen molar-refractivity contribution in [2.45, 2.75) is 13.5 Å². The van der Waals surface area contributed by atoms with Gasteiger partial charge in [-0.3, -0.25) is 9.78 Å². The molecule has 1 N–H and O–H groups in total. The summed E-state index contributed by atoms with van der Waals surface area (Å²) in [6, 6.07) is 14.3. The average molecular weight is 435 g/mol.